The summed E-state index contributed by atoms with van der Waals surface area (Å²) >= 11 is 0. The van der Waals surface area contributed by atoms with Crippen LogP contribution in [0, 0.1) is 0 Å². The monoisotopic (exact) mass is 335 g/mol. The van der Waals surface area contributed by atoms with Crippen LogP contribution in [0.1, 0.15) is 45.2 Å². The van der Waals surface area contributed by atoms with Crippen molar-refractivity contribution in [2.75, 3.05) is 36.4 Å². The van der Waals surface area contributed by atoms with E-state index < -0.39 is 0 Å². The Morgan fingerprint density at radius 3 is 2.16 bits per heavy atom. The van der Waals surface area contributed by atoms with Gasteiger partial charge in [0.15, 0.2) is 0 Å². The highest BCUT2D eigenvalue weighted by Gasteiger charge is 2.25. The predicted octanol–water partition coefficient (Wildman–Crippen LogP) is 5.19. The van der Waals surface area contributed by atoms with Crippen molar-refractivity contribution in [1.29, 1.82) is 0 Å². The molecule has 0 heterocycles. The molecule has 0 spiro atoms. The van der Waals surface area contributed by atoms with E-state index in [1.807, 2.05) is 0 Å². The summed E-state index contributed by atoms with van der Waals surface area (Å²) in [6.07, 6.45) is 1.07. The van der Waals surface area contributed by atoms with Gasteiger partial charge in [-0.25, -0.2) is 0 Å². The molecule has 0 unspecified atom stereocenters. The minimum absolute atomic E-state index is 0.876. The summed E-state index contributed by atoms with van der Waals surface area (Å²) in [6, 6.07) is 13.5. The molecule has 0 saturated carbocycles. The number of aliphatic imine (C=N–C) groups is 1. The highest BCUT2D eigenvalue weighted by Crippen LogP contribution is 2.40. The summed E-state index contributed by atoms with van der Waals surface area (Å²) in [7, 11) is 0. The van der Waals surface area contributed by atoms with Gasteiger partial charge in [0.25, 0.3) is 0 Å². The van der Waals surface area contributed by atoms with Crippen molar-refractivity contribution in [2.45, 2.75) is 34.1 Å². The third-order valence-corrected chi connectivity index (χ3v) is 4.83. The summed E-state index contributed by atoms with van der Waals surface area (Å²) in [4.78, 5) is 7.30. The van der Waals surface area contributed by atoms with Crippen molar-refractivity contribution < 1.29 is 0 Å². The van der Waals surface area contributed by atoms with Crippen molar-refractivity contribution in [3.05, 3.63) is 47.5 Å². The first-order valence-electron chi connectivity index (χ1n) is 9.55. The molecular formula is C22H29N3. The maximum Gasteiger partial charge on any atom is 0.0731 e. The molecule has 0 fully saturated rings. The lowest BCUT2D eigenvalue weighted by molar-refractivity contribution is 0.866. The average molecular weight is 335 g/mol. The Balaban J connectivity index is 2.14. The molecule has 0 atom stereocenters. The molecule has 0 aromatic heterocycles. The molecule has 1 N–H and O–H groups in total. The molecule has 132 valence electrons. The fourth-order valence-corrected chi connectivity index (χ4v) is 3.57. The van der Waals surface area contributed by atoms with Crippen LogP contribution in [0.3, 0.4) is 0 Å². The summed E-state index contributed by atoms with van der Waals surface area (Å²) in [5.41, 5.74) is 8.78. The van der Waals surface area contributed by atoms with Gasteiger partial charge in [-0.05, 0) is 62.6 Å². The van der Waals surface area contributed by atoms with Crippen molar-refractivity contribution >= 4 is 17.1 Å². The number of hydrogen-bond acceptors (Lipinski definition) is 3. The summed E-state index contributed by atoms with van der Waals surface area (Å²) in [5, 5.41) is 3.44. The molecule has 1 aliphatic carbocycles. The van der Waals surface area contributed by atoms with Gasteiger partial charge in [0.05, 0.1) is 5.71 Å². The Labute approximate surface area is 151 Å². The smallest absolute Gasteiger partial charge is 0.0731 e. The van der Waals surface area contributed by atoms with Gasteiger partial charge in [0, 0.05) is 48.7 Å². The number of nitrogens with one attached hydrogen (secondary N) is 1. The molecule has 3 heteroatoms. The number of anilines is 2. The topological polar surface area (TPSA) is 27.6 Å². The second-order valence-corrected chi connectivity index (χ2v) is 6.42. The van der Waals surface area contributed by atoms with E-state index >= 15 is 0 Å². The van der Waals surface area contributed by atoms with Crippen LogP contribution in [0.15, 0.2) is 41.4 Å². The van der Waals surface area contributed by atoms with E-state index in [-0.39, 0.29) is 0 Å². The van der Waals surface area contributed by atoms with E-state index in [1.165, 1.54) is 33.6 Å². The molecular weight excluding hydrogens is 306 g/mol. The standard InChI is InChI=1S/C22H29N3/c1-5-13-24-22-18-11-9-16(23-6-2)14-20(18)21-15-17(10-12-19(21)22)25(7-3)8-4/h9-12,14-15,23H,5-8,13H2,1-4H3. The Hall–Kier alpha value is -2.29. The first kappa shape index (κ1) is 17.5. The number of nitrogens with zero attached hydrogens (tertiary/aromatic N) is 2. The average Bonchev–Trinajstić information content (AvgIpc) is 2.94. The zero-order valence-electron chi connectivity index (χ0n) is 15.9. The number of hydrogen-bond donors (Lipinski definition) is 1. The van der Waals surface area contributed by atoms with E-state index in [4.69, 9.17) is 4.99 Å². The van der Waals surface area contributed by atoms with Gasteiger partial charge in [0.1, 0.15) is 0 Å². The van der Waals surface area contributed by atoms with Crippen molar-refractivity contribution in [3.63, 3.8) is 0 Å². The van der Waals surface area contributed by atoms with Crippen LogP contribution in [0.2, 0.25) is 0 Å². The zero-order chi connectivity index (χ0) is 17.8. The number of benzene rings is 2. The largest absolute Gasteiger partial charge is 0.385 e. The van der Waals surface area contributed by atoms with Crippen LogP contribution in [0.5, 0.6) is 0 Å². The van der Waals surface area contributed by atoms with Gasteiger partial charge in [0.2, 0.25) is 0 Å². The molecule has 25 heavy (non-hydrogen) atoms. The molecule has 0 aliphatic heterocycles. The van der Waals surface area contributed by atoms with Crippen molar-refractivity contribution in [1.82, 2.24) is 0 Å². The third-order valence-electron chi connectivity index (χ3n) is 4.83. The molecule has 0 radical (unpaired) electrons. The third kappa shape index (κ3) is 3.28. The number of fused-ring (bicyclic) bond motifs is 3. The van der Waals surface area contributed by atoms with Crippen molar-refractivity contribution in [3.8, 4) is 11.1 Å². The van der Waals surface area contributed by atoms with E-state index in [2.05, 4.69) is 74.3 Å². The van der Waals surface area contributed by atoms with Gasteiger partial charge in [-0.15, -0.1) is 0 Å². The minimum Gasteiger partial charge on any atom is -0.385 e. The zero-order valence-corrected chi connectivity index (χ0v) is 15.9. The van der Waals surface area contributed by atoms with Gasteiger partial charge < -0.3 is 10.2 Å². The first-order chi connectivity index (χ1) is 12.2. The summed E-state index contributed by atoms with van der Waals surface area (Å²) < 4.78 is 0. The summed E-state index contributed by atoms with van der Waals surface area (Å²) in [5.74, 6) is 0. The summed E-state index contributed by atoms with van der Waals surface area (Å²) in [6.45, 7) is 12.6. The Morgan fingerprint density at radius 2 is 1.52 bits per heavy atom. The fourth-order valence-electron chi connectivity index (χ4n) is 3.57. The highest BCUT2D eigenvalue weighted by atomic mass is 15.1. The quantitative estimate of drug-likeness (QED) is 0.643. The molecule has 0 amide bonds. The predicted molar refractivity (Wildman–Crippen MR) is 110 cm³/mol. The van der Waals surface area contributed by atoms with Crippen LogP contribution in [0.25, 0.3) is 11.1 Å². The molecule has 2 aromatic carbocycles. The van der Waals surface area contributed by atoms with E-state index in [1.54, 1.807) is 0 Å². The minimum atomic E-state index is 0.876. The normalized spacial score (nSPS) is 13.7. The molecule has 2 aromatic rings. The molecule has 3 rings (SSSR count). The van der Waals surface area contributed by atoms with Gasteiger partial charge >= 0.3 is 0 Å². The molecule has 1 aliphatic rings. The Kier molecular flexibility index (Phi) is 5.42. The lowest BCUT2D eigenvalue weighted by atomic mass is 10.0. The SMILES string of the molecule is CCCN=C1c2ccc(NCC)cc2-c2cc(N(CC)CC)ccc21. The molecule has 3 nitrogen and oxygen atoms in total. The Bertz CT molecular complexity index is 773. The van der Waals surface area contributed by atoms with Gasteiger partial charge in [-0.3, -0.25) is 4.99 Å². The maximum absolute atomic E-state index is 4.90. The Morgan fingerprint density at radius 1 is 0.840 bits per heavy atom. The first-order valence-corrected chi connectivity index (χ1v) is 9.55. The van der Waals surface area contributed by atoms with Crippen LogP contribution in [-0.2, 0) is 0 Å². The van der Waals surface area contributed by atoms with E-state index in [0.29, 0.717) is 0 Å². The second kappa shape index (κ2) is 7.73. The van der Waals surface area contributed by atoms with Crippen molar-refractivity contribution in [2.24, 2.45) is 4.99 Å². The number of rotatable bonds is 7. The highest BCUT2D eigenvalue weighted by molar-refractivity contribution is 6.25. The van der Waals surface area contributed by atoms with Gasteiger partial charge in [-0.2, -0.15) is 0 Å². The van der Waals surface area contributed by atoms with Crippen LogP contribution in [0.4, 0.5) is 11.4 Å². The van der Waals surface area contributed by atoms with Crippen LogP contribution < -0.4 is 10.2 Å². The van der Waals surface area contributed by atoms with E-state index in [9.17, 15) is 0 Å². The van der Waals surface area contributed by atoms with Crippen LogP contribution in [-0.4, -0.2) is 31.9 Å². The maximum atomic E-state index is 4.90. The second-order valence-electron chi connectivity index (χ2n) is 6.42. The fraction of sp³-hybridized carbons (Fsp3) is 0.409. The molecule has 0 bridgehead atoms. The van der Waals surface area contributed by atoms with Crippen LogP contribution >= 0.6 is 0 Å². The molecule has 0 saturated heterocycles. The lowest BCUT2D eigenvalue weighted by Crippen LogP contribution is -2.21. The van der Waals surface area contributed by atoms with E-state index in [0.717, 1.165) is 38.3 Å². The lowest BCUT2D eigenvalue weighted by Gasteiger charge is -2.21. The van der Waals surface area contributed by atoms with Gasteiger partial charge in [-0.1, -0.05) is 19.1 Å².